The summed E-state index contributed by atoms with van der Waals surface area (Å²) in [4.78, 5) is 0. The molecule has 0 heterocycles. The van der Waals surface area contributed by atoms with E-state index in [1.54, 1.807) is 19.2 Å². The molecule has 0 amide bonds. The molecule has 0 aliphatic carbocycles. The van der Waals surface area contributed by atoms with Crippen LogP contribution in [0.15, 0.2) is 36.4 Å². The van der Waals surface area contributed by atoms with Crippen LogP contribution in [0.2, 0.25) is 0 Å². The van der Waals surface area contributed by atoms with Gasteiger partial charge in [0.05, 0.1) is 12.8 Å². The molecule has 0 bridgehead atoms. The highest BCUT2D eigenvalue weighted by atomic mass is 16.5. The summed E-state index contributed by atoms with van der Waals surface area (Å²) >= 11 is 0. The molecule has 0 spiro atoms. The zero-order chi connectivity index (χ0) is 13.1. The maximum Gasteiger partial charge on any atom is 0.153 e. The molecule has 0 saturated heterocycles. The van der Waals surface area contributed by atoms with E-state index in [9.17, 15) is 0 Å². The van der Waals surface area contributed by atoms with Crippen molar-refractivity contribution in [3.63, 3.8) is 0 Å². The average Bonchev–Trinajstić information content (AvgIpc) is 2.36. The number of ether oxygens (including phenoxy) is 2. The number of hydrogen-bond acceptors (Lipinski definition) is 3. The van der Waals surface area contributed by atoms with Crippen molar-refractivity contribution < 1.29 is 9.47 Å². The summed E-state index contributed by atoms with van der Waals surface area (Å²) in [5.41, 5.74) is 8.90. The highest BCUT2D eigenvalue weighted by Crippen LogP contribution is 2.31. The van der Waals surface area contributed by atoms with Crippen molar-refractivity contribution in [1.29, 1.82) is 0 Å². The van der Waals surface area contributed by atoms with Gasteiger partial charge in [-0.2, -0.15) is 0 Å². The van der Waals surface area contributed by atoms with E-state index in [0.29, 0.717) is 11.4 Å². The van der Waals surface area contributed by atoms with E-state index in [1.165, 1.54) is 11.1 Å². The van der Waals surface area contributed by atoms with Crippen molar-refractivity contribution in [2.24, 2.45) is 0 Å². The van der Waals surface area contributed by atoms with Gasteiger partial charge in [0.25, 0.3) is 0 Å². The lowest BCUT2D eigenvalue weighted by atomic mass is 10.1. The van der Waals surface area contributed by atoms with Crippen molar-refractivity contribution in [2.75, 3.05) is 12.8 Å². The van der Waals surface area contributed by atoms with Gasteiger partial charge in [-0.05, 0) is 49.2 Å². The summed E-state index contributed by atoms with van der Waals surface area (Å²) < 4.78 is 10.9. The molecule has 0 radical (unpaired) electrons. The molecule has 3 heteroatoms. The van der Waals surface area contributed by atoms with Gasteiger partial charge in [-0.3, -0.25) is 0 Å². The van der Waals surface area contributed by atoms with Crippen LogP contribution in [0.5, 0.6) is 17.2 Å². The summed E-state index contributed by atoms with van der Waals surface area (Å²) in [5.74, 6) is 2.11. The summed E-state index contributed by atoms with van der Waals surface area (Å²) in [6, 6.07) is 11.3. The molecule has 18 heavy (non-hydrogen) atoms. The zero-order valence-electron chi connectivity index (χ0n) is 10.9. The van der Waals surface area contributed by atoms with Gasteiger partial charge < -0.3 is 15.2 Å². The highest BCUT2D eigenvalue weighted by molar-refractivity contribution is 5.57. The normalized spacial score (nSPS) is 10.2. The standard InChI is InChI=1S/C15H17NO2/c1-10-4-5-13(8-11(10)2)18-15-9-12(17-3)6-7-14(15)16/h4-9H,16H2,1-3H3. The van der Waals surface area contributed by atoms with Gasteiger partial charge in [-0.15, -0.1) is 0 Å². The van der Waals surface area contributed by atoms with Crippen LogP contribution in [-0.4, -0.2) is 7.11 Å². The van der Waals surface area contributed by atoms with Gasteiger partial charge in [-0.25, -0.2) is 0 Å². The van der Waals surface area contributed by atoms with Crippen molar-refractivity contribution in [1.82, 2.24) is 0 Å². The van der Waals surface area contributed by atoms with Gasteiger partial charge >= 0.3 is 0 Å². The van der Waals surface area contributed by atoms with Crippen LogP contribution in [0.25, 0.3) is 0 Å². The van der Waals surface area contributed by atoms with Crippen molar-refractivity contribution in [3.8, 4) is 17.2 Å². The molecule has 0 unspecified atom stereocenters. The fourth-order valence-electron chi connectivity index (χ4n) is 1.63. The van der Waals surface area contributed by atoms with Crippen LogP contribution < -0.4 is 15.2 Å². The van der Waals surface area contributed by atoms with Crippen LogP contribution in [0.1, 0.15) is 11.1 Å². The van der Waals surface area contributed by atoms with E-state index < -0.39 is 0 Å². The summed E-state index contributed by atoms with van der Waals surface area (Å²) in [7, 11) is 1.62. The fraction of sp³-hybridized carbons (Fsp3) is 0.200. The number of hydrogen-bond donors (Lipinski definition) is 1. The smallest absolute Gasteiger partial charge is 0.153 e. The van der Waals surface area contributed by atoms with Crippen molar-refractivity contribution in [2.45, 2.75) is 13.8 Å². The highest BCUT2D eigenvalue weighted by Gasteiger charge is 2.05. The molecule has 0 aromatic heterocycles. The zero-order valence-corrected chi connectivity index (χ0v) is 10.9. The van der Waals surface area contributed by atoms with E-state index in [0.717, 1.165) is 11.5 Å². The number of nitrogen functional groups attached to an aromatic ring is 1. The first-order chi connectivity index (χ1) is 8.60. The van der Waals surface area contributed by atoms with Gasteiger partial charge in [0, 0.05) is 6.07 Å². The second kappa shape index (κ2) is 5.00. The molecule has 2 rings (SSSR count). The molecule has 0 saturated carbocycles. The molecule has 94 valence electrons. The quantitative estimate of drug-likeness (QED) is 0.836. The first-order valence-corrected chi connectivity index (χ1v) is 5.79. The predicted molar refractivity (Wildman–Crippen MR) is 73.4 cm³/mol. The molecule has 3 nitrogen and oxygen atoms in total. The van der Waals surface area contributed by atoms with Crippen LogP contribution in [0.4, 0.5) is 5.69 Å². The van der Waals surface area contributed by atoms with E-state index in [-0.39, 0.29) is 0 Å². The van der Waals surface area contributed by atoms with Crippen molar-refractivity contribution in [3.05, 3.63) is 47.5 Å². The van der Waals surface area contributed by atoms with Crippen molar-refractivity contribution >= 4 is 5.69 Å². The third kappa shape index (κ3) is 2.56. The summed E-state index contributed by atoms with van der Waals surface area (Å²) in [5, 5.41) is 0. The van der Waals surface area contributed by atoms with Gasteiger partial charge in [0.1, 0.15) is 11.5 Å². The Bertz CT molecular complexity index is 564. The first-order valence-electron chi connectivity index (χ1n) is 5.79. The summed E-state index contributed by atoms with van der Waals surface area (Å²) in [6.07, 6.45) is 0. The van der Waals surface area contributed by atoms with Gasteiger partial charge in [-0.1, -0.05) is 6.07 Å². The maximum atomic E-state index is 5.88. The fourth-order valence-corrected chi connectivity index (χ4v) is 1.63. The van der Waals surface area contributed by atoms with Gasteiger partial charge in [0.2, 0.25) is 0 Å². The molecule has 2 N–H and O–H groups in total. The number of nitrogens with two attached hydrogens (primary N) is 1. The van der Waals surface area contributed by atoms with Crippen LogP contribution >= 0.6 is 0 Å². The molecule has 0 aliphatic rings. The molecule has 2 aromatic rings. The lowest BCUT2D eigenvalue weighted by Gasteiger charge is -2.11. The Morgan fingerprint density at radius 2 is 1.61 bits per heavy atom. The Morgan fingerprint density at radius 3 is 2.28 bits per heavy atom. The third-order valence-corrected chi connectivity index (χ3v) is 2.93. The van der Waals surface area contributed by atoms with Gasteiger partial charge in [0.15, 0.2) is 5.75 Å². The molecular formula is C15H17NO2. The number of anilines is 1. The van der Waals surface area contributed by atoms with E-state index in [1.807, 2.05) is 24.3 Å². The van der Waals surface area contributed by atoms with E-state index in [4.69, 9.17) is 15.2 Å². The lowest BCUT2D eigenvalue weighted by molar-refractivity contribution is 0.409. The molecule has 2 aromatic carbocycles. The minimum absolute atomic E-state index is 0.592. The second-order valence-electron chi connectivity index (χ2n) is 4.25. The monoisotopic (exact) mass is 243 g/mol. The van der Waals surface area contributed by atoms with E-state index in [2.05, 4.69) is 13.8 Å². The molecular weight excluding hydrogens is 226 g/mol. The Hall–Kier alpha value is -2.16. The Balaban J connectivity index is 2.30. The number of methoxy groups -OCH3 is 1. The minimum Gasteiger partial charge on any atom is -0.497 e. The maximum absolute atomic E-state index is 5.88. The lowest BCUT2D eigenvalue weighted by Crippen LogP contribution is -1.94. The number of rotatable bonds is 3. The minimum atomic E-state index is 0.592. The second-order valence-corrected chi connectivity index (χ2v) is 4.25. The number of aryl methyl sites for hydroxylation is 2. The Kier molecular flexibility index (Phi) is 3.42. The third-order valence-electron chi connectivity index (χ3n) is 2.93. The number of benzene rings is 2. The van der Waals surface area contributed by atoms with Crippen LogP contribution in [-0.2, 0) is 0 Å². The van der Waals surface area contributed by atoms with Crippen LogP contribution in [0.3, 0.4) is 0 Å². The van der Waals surface area contributed by atoms with Crippen LogP contribution in [0, 0.1) is 13.8 Å². The summed E-state index contributed by atoms with van der Waals surface area (Å²) in [6.45, 7) is 4.12. The molecule has 0 fully saturated rings. The topological polar surface area (TPSA) is 44.5 Å². The Labute approximate surface area is 107 Å². The largest absolute Gasteiger partial charge is 0.497 e. The Morgan fingerprint density at radius 1 is 0.889 bits per heavy atom. The predicted octanol–water partition coefficient (Wildman–Crippen LogP) is 3.69. The molecule has 0 atom stereocenters. The SMILES string of the molecule is COc1ccc(N)c(Oc2ccc(C)c(C)c2)c1. The average molecular weight is 243 g/mol. The van der Waals surface area contributed by atoms with E-state index >= 15 is 0 Å². The first kappa shape index (κ1) is 12.3. The molecule has 0 aliphatic heterocycles.